The summed E-state index contributed by atoms with van der Waals surface area (Å²) in [6.45, 7) is 1.76. The predicted octanol–water partition coefficient (Wildman–Crippen LogP) is 2.63. The normalized spacial score (nSPS) is 19.4. The van der Waals surface area contributed by atoms with E-state index in [9.17, 15) is 13.2 Å². The fourth-order valence-electron chi connectivity index (χ4n) is 1.71. The summed E-state index contributed by atoms with van der Waals surface area (Å²) in [7, 11) is 0. The van der Waals surface area contributed by atoms with Crippen LogP contribution < -0.4 is 5.32 Å². The molecule has 15 heavy (non-hydrogen) atoms. The van der Waals surface area contributed by atoms with Gasteiger partial charge in [-0.15, -0.1) is 11.3 Å². The van der Waals surface area contributed by atoms with Gasteiger partial charge in [0.05, 0.1) is 0 Å². The Morgan fingerprint density at radius 3 is 2.53 bits per heavy atom. The van der Waals surface area contributed by atoms with Gasteiger partial charge in [0, 0.05) is 11.1 Å². The van der Waals surface area contributed by atoms with Gasteiger partial charge in [0.1, 0.15) is 0 Å². The summed E-state index contributed by atoms with van der Waals surface area (Å²) in [6.07, 6.45) is -1.11. The lowest BCUT2D eigenvalue weighted by Crippen LogP contribution is -2.26. The van der Waals surface area contributed by atoms with Crippen molar-refractivity contribution < 1.29 is 13.2 Å². The number of piperidine rings is 1. The minimum atomic E-state index is -4.30. The van der Waals surface area contributed by atoms with E-state index in [1.807, 2.05) is 0 Å². The van der Waals surface area contributed by atoms with E-state index in [4.69, 9.17) is 0 Å². The molecule has 1 aromatic rings. The summed E-state index contributed by atoms with van der Waals surface area (Å²) in [5.74, 6) is 0.250. The first-order valence-electron chi connectivity index (χ1n) is 4.81. The van der Waals surface area contributed by atoms with Crippen LogP contribution in [0, 0.1) is 0 Å². The lowest BCUT2D eigenvalue weighted by atomic mass is 9.97. The number of thiazole rings is 1. The number of aromatic nitrogens is 1. The molecule has 0 radical (unpaired) electrons. The van der Waals surface area contributed by atoms with Gasteiger partial charge >= 0.3 is 6.18 Å². The highest BCUT2D eigenvalue weighted by Gasteiger charge is 2.35. The molecule has 1 aliphatic rings. The summed E-state index contributed by atoms with van der Waals surface area (Å²) >= 11 is 0.782. The summed E-state index contributed by atoms with van der Waals surface area (Å²) in [6, 6.07) is 0. The predicted molar refractivity (Wildman–Crippen MR) is 52.0 cm³/mol. The number of nitrogens with one attached hydrogen (secondary N) is 1. The van der Waals surface area contributed by atoms with Gasteiger partial charge in [-0.25, -0.2) is 4.98 Å². The van der Waals surface area contributed by atoms with Gasteiger partial charge in [0.25, 0.3) is 0 Å². The van der Waals surface area contributed by atoms with Gasteiger partial charge in [-0.3, -0.25) is 0 Å². The van der Waals surface area contributed by atoms with Crippen LogP contribution in [0.15, 0.2) is 6.20 Å². The third-order valence-electron chi connectivity index (χ3n) is 2.51. The van der Waals surface area contributed by atoms with Crippen LogP contribution >= 0.6 is 11.3 Å². The number of rotatable bonds is 1. The van der Waals surface area contributed by atoms with Crippen LogP contribution in [0.3, 0.4) is 0 Å². The van der Waals surface area contributed by atoms with Gasteiger partial charge in [-0.1, -0.05) is 0 Å². The number of nitrogens with zero attached hydrogens (tertiary/aromatic N) is 1. The molecular formula is C9H11F3N2S. The summed E-state index contributed by atoms with van der Waals surface area (Å²) < 4.78 is 36.9. The molecule has 1 N–H and O–H groups in total. The maximum Gasteiger partial charge on any atom is 0.443 e. The molecule has 84 valence electrons. The molecule has 0 aliphatic carbocycles. The summed E-state index contributed by atoms with van der Waals surface area (Å²) in [5, 5.41) is 2.46. The van der Waals surface area contributed by atoms with Crippen LogP contribution in [-0.4, -0.2) is 18.1 Å². The zero-order valence-electron chi connectivity index (χ0n) is 7.97. The van der Waals surface area contributed by atoms with E-state index >= 15 is 0 Å². The van der Waals surface area contributed by atoms with Crippen LogP contribution in [-0.2, 0) is 6.18 Å². The fourth-order valence-corrected chi connectivity index (χ4v) is 2.66. The van der Waals surface area contributed by atoms with E-state index in [0.29, 0.717) is 0 Å². The van der Waals surface area contributed by atoms with Crippen molar-refractivity contribution in [2.45, 2.75) is 24.9 Å². The Labute approximate surface area is 89.5 Å². The molecule has 0 unspecified atom stereocenters. The van der Waals surface area contributed by atoms with Gasteiger partial charge in [0.2, 0.25) is 0 Å². The van der Waals surface area contributed by atoms with Crippen molar-refractivity contribution in [2.75, 3.05) is 13.1 Å². The van der Waals surface area contributed by atoms with E-state index in [0.717, 1.165) is 42.1 Å². The molecule has 0 saturated carbocycles. The van der Waals surface area contributed by atoms with Crippen molar-refractivity contribution in [3.63, 3.8) is 0 Å². The molecule has 0 atom stereocenters. The lowest BCUT2D eigenvalue weighted by molar-refractivity contribution is -0.137. The van der Waals surface area contributed by atoms with Crippen LogP contribution in [0.25, 0.3) is 0 Å². The van der Waals surface area contributed by atoms with Gasteiger partial charge < -0.3 is 5.32 Å². The third kappa shape index (κ3) is 2.49. The molecule has 1 fully saturated rings. The van der Waals surface area contributed by atoms with Crippen LogP contribution in [0.2, 0.25) is 0 Å². The maximum absolute atomic E-state index is 12.3. The first-order chi connectivity index (χ1) is 7.07. The number of halogens is 3. The molecule has 2 nitrogen and oxygen atoms in total. The Hall–Kier alpha value is -0.620. The smallest absolute Gasteiger partial charge is 0.317 e. The highest BCUT2D eigenvalue weighted by molar-refractivity contribution is 7.11. The average molecular weight is 236 g/mol. The topological polar surface area (TPSA) is 24.9 Å². The standard InChI is InChI=1S/C9H11F3N2S/c10-9(11,12)8-14-5-7(15-8)6-1-3-13-4-2-6/h5-6,13H,1-4H2. The molecular weight excluding hydrogens is 225 g/mol. The second kappa shape index (κ2) is 4.09. The number of hydrogen-bond acceptors (Lipinski definition) is 3. The SMILES string of the molecule is FC(F)(F)c1ncc(C2CCNCC2)s1. The molecule has 2 heterocycles. The zero-order valence-corrected chi connectivity index (χ0v) is 8.79. The Morgan fingerprint density at radius 1 is 1.33 bits per heavy atom. The van der Waals surface area contributed by atoms with Crippen LogP contribution in [0.1, 0.15) is 28.6 Å². The summed E-state index contributed by atoms with van der Waals surface area (Å²) in [4.78, 5) is 4.20. The highest BCUT2D eigenvalue weighted by atomic mass is 32.1. The maximum atomic E-state index is 12.3. The highest BCUT2D eigenvalue weighted by Crippen LogP contribution is 2.36. The Bertz CT molecular complexity index is 328. The number of alkyl halides is 3. The molecule has 1 aliphatic heterocycles. The van der Waals surface area contributed by atoms with Gasteiger partial charge in [-0.2, -0.15) is 13.2 Å². The first kappa shape index (κ1) is 10.9. The Balaban J connectivity index is 2.12. The van der Waals surface area contributed by atoms with Crippen molar-refractivity contribution in [1.82, 2.24) is 10.3 Å². The Morgan fingerprint density at radius 2 is 2.00 bits per heavy atom. The molecule has 0 spiro atoms. The van der Waals surface area contributed by atoms with Gasteiger partial charge in [-0.05, 0) is 31.8 Å². The van der Waals surface area contributed by atoms with E-state index in [1.165, 1.54) is 6.20 Å². The molecule has 1 aromatic heterocycles. The average Bonchev–Trinajstić information content (AvgIpc) is 2.67. The second-order valence-corrected chi connectivity index (χ2v) is 4.65. The van der Waals surface area contributed by atoms with E-state index in [2.05, 4.69) is 10.3 Å². The van der Waals surface area contributed by atoms with Crippen molar-refractivity contribution in [2.24, 2.45) is 0 Å². The van der Waals surface area contributed by atoms with E-state index in [1.54, 1.807) is 0 Å². The minimum absolute atomic E-state index is 0.250. The molecule has 1 saturated heterocycles. The fraction of sp³-hybridized carbons (Fsp3) is 0.667. The molecule has 0 aromatic carbocycles. The Kier molecular flexibility index (Phi) is 2.97. The lowest BCUT2D eigenvalue weighted by Gasteiger charge is -2.20. The van der Waals surface area contributed by atoms with Crippen molar-refractivity contribution in [3.05, 3.63) is 16.1 Å². The quantitative estimate of drug-likeness (QED) is 0.810. The third-order valence-corrected chi connectivity index (χ3v) is 3.71. The van der Waals surface area contributed by atoms with E-state index in [-0.39, 0.29) is 5.92 Å². The van der Waals surface area contributed by atoms with Crippen molar-refractivity contribution >= 4 is 11.3 Å². The minimum Gasteiger partial charge on any atom is -0.317 e. The second-order valence-electron chi connectivity index (χ2n) is 3.59. The first-order valence-corrected chi connectivity index (χ1v) is 5.62. The van der Waals surface area contributed by atoms with Crippen molar-refractivity contribution in [3.8, 4) is 0 Å². The zero-order chi connectivity index (χ0) is 10.9. The van der Waals surface area contributed by atoms with E-state index < -0.39 is 11.2 Å². The number of hydrogen-bond donors (Lipinski definition) is 1. The van der Waals surface area contributed by atoms with Crippen LogP contribution in [0.5, 0.6) is 0 Å². The molecule has 2 rings (SSSR count). The molecule has 0 bridgehead atoms. The summed E-state index contributed by atoms with van der Waals surface area (Å²) in [5.41, 5.74) is 0. The van der Waals surface area contributed by atoms with Gasteiger partial charge in [0.15, 0.2) is 5.01 Å². The van der Waals surface area contributed by atoms with Crippen molar-refractivity contribution in [1.29, 1.82) is 0 Å². The largest absolute Gasteiger partial charge is 0.443 e. The monoisotopic (exact) mass is 236 g/mol. The molecule has 6 heteroatoms. The molecule has 0 amide bonds. The van der Waals surface area contributed by atoms with Crippen LogP contribution in [0.4, 0.5) is 13.2 Å².